The predicted octanol–water partition coefficient (Wildman–Crippen LogP) is 5.21. The first-order valence-electron chi connectivity index (χ1n) is 22.9. The summed E-state index contributed by atoms with van der Waals surface area (Å²) in [6.07, 6.45) is 5.61. The number of carbonyl (C=O) groups excluding carboxylic acids is 3. The highest BCUT2D eigenvalue weighted by molar-refractivity contribution is 6.12. The zero-order valence-electron chi connectivity index (χ0n) is 38.9. The van der Waals surface area contributed by atoms with Crippen molar-refractivity contribution >= 4 is 68.0 Å². The van der Waals surface area contributed by atoms with Gasteiger partial charge in [-0.15, -0.1) is 0 Å². The lowest BCUT2D eigenvalue weighted by Gasteiger charge is -2.47. The monoisotopic (exact) mass is 944 g/mol. The van der Waals surface area contributed by atoms with Crippen molar-refractivity contribution in [3.63, 3.8) is 0 Å². The predicted molar refractivity (Wildman–Crippen MR) is 251 cm³/mol. The molecule has 7 heterocycles. The smallest absolute Gasteiger partial charge is 0.338 e. The van der Waals surface area contributed by atoms with Crippen LogP contribution in [0.1, 0.15) is 93.6 Å². The van der Waals surface area contributed by atoms with Gasteiger partial charge in [-0.3, -0.25) is 34.5 Å². The molecule has 4 aromatic heterocycles. The number of hydrogen-bond donors (Lipinski definition) is 3. The first-order valence-corrected chi connectivity index (χ1v) is 23.4. The van der Waals surface area contributed by atoms with Crippen LogP contribution in [0.2, 0.25) is 0 Å². The standard InChI is InChI=1S/C47H54N11O9Si/c1-7-56-34(16-26(4)52-56)40(59)50-45-48-32-18-28(42(61)62)20-36-38(32)54(45)14-10-11-15-55-39-33(49-46(55)51-41(60)35-17-27(5)53-57(35)8-2)19-29(43(63)65-9-3)21-37(39)67-25-47(6,24-66-36)44(68)58-30-12-13-31(58)23-64-22-30/h10-11,16-21,30-31,44H,7-9,12-15,22-25H2,1-6H3,(H,61,62)(H,48,50,59)(H,49,51,60)/b11-10+/t30?,31?,44?,47-/m0/s1. The van der Waals surface area contributed by atoms with Gasteiger partial charge >= 0.3 is 11.9 Å². The molecule has 3 unspecified atom stereocenters. The highest BCUT2D eigenvalue weighted by atomic mass is 28.1. The minimum absolute atomic E-state index is 0.000380. The molecule has 9 rings (SSSR count). The summed E-state index contributed by atoms with van der Waals surface area (Å²) in [5.41, 5.74) is 2.52. The number of fused-ring (bicyclic) bond motifs is 2. The Labute approximate surface area is 395 Å². The van der Waals surface area contributed by atoms with Crippen LogP contribution in [-0.2, 0) is 35.7 Å². The number of amides is 2. The van der Waals surface area contributed by atoms with Gasteiger partial charge < -0.3 is 33.2 Å². The summed E-state index contributed by atoms with van der Waals surface area (Å²) >= 11 is 0. The average molecular weight is 945 g/mol. The first kappa shape index (κ1) is 46.3. The van der Waals surface area contributed by atoms with Gasteiger partial charge in [0.1, 0.15) is 33.9 Å². The van der Waals surface area contributed by atoms with Crippen LogP contribution in [0.3, 0.4) is 0 Å². The maximum absolute atomic E-state index is 14.0. The molecule has 0 spiro atoms. The van der Waals surface area contributed by atoms with Gasteiger partial charge in [0, 0.05) is 59.6 Å². The Kier molecular flexibility index (Phi) is 12.7. The van der Waals surface area contributed by atoms with Gasteiger partial charge in [0.15, 0.2) is 0 Å². The van der Waals surface area contributed by atoms with Gasteiger partial charge in [-0.2, -0.15) is 10.2 Å². The molecule has 3 aliphatic heterocycles. The zero-order chi connectivity index (χ0) is 48.0. The van der Waals surface area contributed by atoms with Gasteiger partial charge in [-0.25, -0.2) is 19.6 Å². The van der Waals surface area contributed by atoms with E-state index in [0.717, 1.165) is 12.8 Å². The lowest BCUT2D eigenvalue weighted by Crippen LogP contribution is -2.59. The van der Waals surface area contributed by atoms with Crippen molar-refractivity contribution in [2.24, 2.45) is 5.41 Å². The van der Waals surface area contributed by atoms with E-state index in [1.165, 1.54) is 12.1 Å². The number of rotatable bonds is 11. The topological polar surface area (TPSA) is 224 Å². The molecule has 0 aliphatic carbocycles. The molecule has 2 amide bonds. The lowest BCUT2D eigenvalue weighted by atomic mass is 9.90. The number of aromatic carboxylic acids is 1. The first-order chi connectivity index (χ1) is 32.7. The summed E-state index contributed by atoms with van der Waals surface area (Å²) in [6, 6.07) is 9.81. The minimum atomic E-state index is -1.18. The van der Waals surface area contributed by atoms with Gasteiger partial charge in [-0.1, -0.05) is 19.1 Å². The van der Waals surface area contributed by atoms with E-state index in [4.69, 9.17) is 28.9 Å². The van der Waals surface area contributed by atoms with E-state index in [2.05, 4.69) is 36.0 Å². The number of carboxylic acids is 1. The van der Waals surface area contributed by atoms with E-state index in [0.29, 0.717) is 71.4 Å². The minimum Gasteiger partial charge on any atom is -0.491 e. The summed E-state index contributed by atoms with van der Waals surface area (Å²) < 4.78 is 32.0. The molecule has 3 N–H and O–H groups in total. The highest BCUT2D eigenvalue weighted by Gasteiger charge is 2.47. The zero-order valence-corrected chi connectivity index (χ0v) is 39.9. The summed E-state index contributed by atoms with van der Waals surface area (Å²) in [6.45, 7) is 13.6. The Morgan fingerprint density at radius 2 is 1.26 bits per heavy atom. The molecule has 3 radical (unpaired) electrons. The van der Waals surface area contributed by atoms with Gasteiger partial charge in [0.05, 0.1) is 66.6 Å². The Bertz CT molecular complexity index is 2970. The number of allylic oxidation sites excluding steroid dienone is 2. The molecule has 2 fully saturated rings. The number of esters is 1. The fourth-order valence-corrected chi connectivity index (χ4v) is 10.0. The maximum atomic E-state index is 14.0. The van der Waals surface area contributed by atoms with Crippen LogP contribution in [0.15, 0.2) is 48.6 Å². The van der Waals surface area contributed by atoms with E-state index in [-0.39, 0.29) is 84.9 Å². The van der Waals surface area contributed by atoms with Crippen LogP contribution in [0.4, 0.5) is 11.9 Å². The molecule has 3 aliphatic rings. The molecule has 355 valence electrons. The summed E-state index contributed by atoms with van der Waals surface area (Å²) in [4.78, 5) is 66.3. The number of morpholine rings is 1. The Morgan fingerprint density at radius 3 is 1.74 bits per heavy atom. The summed E-state index contributed by atoms with van der Waals surface area (Å²) in [5, 5.41) is 25.2. The van der Waals surface area contributed by atoms with Crippen LogP contribution in [0, 0.1) is 19.3 Å². The third-order valence-corrected chi connectivity index (χ3v) is 13.8. The molecule has 2 bridgehead atoms. The molecule has 20 nitrogen and oxygen atoms in total. The molecule has 68 heavy (non-hydrogen) atoms. The number of aryl methyl sites for hydroxylation is 4. The molecule has 6 aromatic rings. The van der Waals surface area contributed by atoms with Crippen molar-refractivity contribution in [2.75, 3.05) is 43.7 Å². The molecule has 2 aromatic carbocycles. The number of benzene rings is 2. The molecule has 4 atom stereocenters. The fourth-order valence-electron chi connectivity index (χ4n) is 9.44. The summed E-state index contributed by atoms with van der Waals surface area (Å²) in [7, 11) is 4.19. The second kappa shape index (κ2) is 18.7. The lowest BCUT2D eigenvalue weighted by molar-refractivity contribution is -0.0591. The third-order valence-electron chi connectivity index (χ3n) is 12.8. The van der Waals surface area contributed by atoms with Gasteiger partial charge in [-0.05, 0) is 83.9 Å². The van der Waals surface area contributed by atoms with E-state index >= 15 is 0 Å². The number of nitrogens with one attached hydrogen (secondary N) is 2. The van der Waals surface area contributed by atoms with Crippen molar-refractivity contribution < 1.29 is 43.2 Å². The maximum Gasteiger partial charge on any atom is 0.338 e. The Morgan fingerprint density at radius 1 is 0.779 bits per heavy atom. The molecule has 0 saturated carbocycles. The normalized spacial score (nSPS) is 20.5. The van der Waals surface area contributed by atoms with Crippen molar-refractivity contribution in [2.45, 2.75) is 98.3 Å². The molecular formula is C47H54N11O9Si. The van der Waals surface area contributed by atoms with Crippen molar-refractivity contribution in [3.05, 3.63) is 82.5 Å². The number of hydrogen-bond acceptors (Lipinski definition) is 13. The molecule has 21 heteroatoms. The Balaban J connectivity index is 1.21. The van der Waals surface area contributed by atoms with Gasteiger partial charge in [0.25, 0.3) is 11.8 Å². The molecular weight excluding hydrogens is 891 g/mol. The van der Waals surface area contributed by atoms with Crippen molar-refractivity contribution in [1.29, 1.82) is 0 Å². The van der Waals surface area contributed by atoms with E-state index in [1.54, 1.807) is 52.0 Å². The Hall–Kier alpha value is -6.84. The number of anilines is 2. The second-order valence-electron chi connectivity index (χ2n) is 17.7. The van der Waals surface area contributed by atoms with E-state index < -0.39 is 29.2 Å². The fraction of sp³-hybridized carbons (Fsp3) is 0.447. The summed E-state index contributed by atoms with van der Waals surface area (Å²) in [5.74, 6) is -1.76. The highest BCUT2D eigenvalue weighted by Crippen LogP contribution is 2.40. The van der Waals surface area contributed by atoms with Crippen LogP contribution in [0.25, 0.3) is 22.1 Å². The van der Waals surface area contributed by atoms with Crippen molar-refractivity contribution in [3.8, 4) is 11.5 Å². The van der Waals surface area contributed by atoms with Gasteiger partial charge in [0.2, 0.25) is 11.9 Å². The number of ether oxygens (including phenoxy) is 4. The number of nitrogens with zero attached hydrogens (tertiary/aromatic N) is 9. The van der Waals surface area contributed by atoms with Crippen LogP contribution >= 0.6 is 0 Å². The van der Waals surface area contributed by atoms with Crippen LogP contribution < -0.4 is 20.1 Å². The number of carbonyl (C=O) groups is 4. The average Bonchev–Trinajstić information content (AvgIpc) is 4.12. The largest absolute Gasteiger partial charge is 0.491 e. The van der Waals surface area contributed by atoms with Crippen LogP contribution in [0.5, 0.6) is 11.5 Å². The SMILES string of the molecule is CCOC(=O)c1cc2c3c(c1)nc(NC(=O)c1cc(C)nn1CC)n3C/C=C/Cn1c(NC(=O)c3cc(C)nn3CC)nc3cc(C(=O)O)cc(c31)OC[C@](C)(C([Si])N1C3CCC1COC3)CO2. The van der Waals surface area contributed by atoms with Crippen LogP contribution in [-0.4, -0.2) is 133 Å². The number of aromatic nitrogens is 8. The van der Waals surface area contributed by atoms with E-state index in [9.17, 15) is 24.3 Å². The number of carboxylic acid groups (broad SMARTS) is 1. The quantitative estimate of drug-likeness (QED) is 0.0863. The van der Waals surface area contributed by atoms with Crippen molar-refractivity contribution in [1.82, 2.24) is 43.6 Å². The number of imidazole rings is 2. The van der Waals surface area contributed by atoms with E-state index in [1.807, 2.05) is 44.4 Å². The second-order valence-corrected chi connectivity index (χ2v) is 18.2. The third kappa shape index (κ3) is 8.64. The molecule has 2 saturated heterocycles.